The van der Waals surface area contributed by atoms with Crippen molar-refractivity contribution in [3.63, 3.8) is 0 Å². The standard InChI is InChI=1S/C26H49N3O/c1-21(2)19-26(11-12-26)20-27-13-7-24(8-14-27)30-25-9-17-29(18-10-25)23-5-15-28(16-6-23)22(3)4/h21-25H,5-20H2,1-4H3. The summed E-state index contributed by atoms with van der Waals surface area (Å²) in [4.78, 5) is 8.18. The van der Waals surface area contributed by atoms with E-state index < -0.39 is 0 Å². The summed E-state index contributed by atoms with van der Waals surface area (Å²) in [5, 5.41) is 0. The van der Waals surface area contributed by atoms with Crippen molar-refractivity contribution >= 4 is 0 Å². The second-order valence-corrected chi connectivity index (χ2v) is 11.8. The molecule has 1 aliphatic carbocycles. The number of ether oxygens (including phenoxy) is 1. The largest absolute Gasteiger partial charge is 0.375 e. The molecule has 4 rings (SSSR count). The van der Waals surface area contributed by atoms with Gasteiger partial charge in [0.2, 0.25) is 0 Å². The maximum Gasteiger partial charge on any atom is 0.0603 e. The van der Waals surface area contributed by atoms with Crippen LogP contribution in [0, 0.1) is 11.3 Å². The van der Waals surface area contributed by atoms with Crippen LogP contribution in [-0.2, 0) is 4.74 Å². The Morgan fingerprint density at radius 2 is 1.33 bits per heavy atom. The van der Waals surface area contributed by atoms with Crippen molar-refractivity contribution in [2.75, 3.05) is 45.8 Å². The van der Waals surface area contributed by atoms with E-state index in [1.165, 1.54) is 104 Å². The minimum absolute atomic E-state index is 0.518. The summed E-state index contributed by atoms with van der Waals surface area (Å²) in [6, 6.07) is 1.53. The molecule has 4 fully saturated rings. The van der Waals surface area contributed by atoms with Gasteiger partial charge in [0.15, 0.2) is 0 Å². The van der Waals surface area contributed by atoms with Crippen LogP contribution < -0.4 is 0 Å². The highest BCUT2D eigenvalue weighted by Gasteiger charge is 2.44. The summed E-state index contributed by atoms with van der Waals surface area (Å²) >= 11 is 0. The molecule has 3 heterocycles. The lowest BCUT2D eigenvalue weighted by atomic mass is 9.92. The van der Waals surface area contributed by atoms with E-state index in [9.17, 15) is 0 Å². The summed E-state index contributed by atoms with van der Waals surface area (Å²) in [6.07, 6.45) is 13.1. The van der Waals surface area contributed by atoms with Gasteiger partial charge in [0.1, 0.15) is 0 Å². The Kier molecular flexibility index (Phi) is 7.82. The summed E-state index contributed by atoms with van der Waals surface area (Å²) in [5.74, 6) is 0.849. The molecule has 4 heteroatoms. The molecule has 3 aliphatic heterocycles. The van der Waals surface area contributed by atoms with Crippen molar-refractivity contribution in [3.05, 3.63) is 0 Å². The average molecular weight is 420 g/mol. The van der Waals surface area contributed by atoms with Crippen LogP contribution in [0.5, 0.6) is 0 Å². The quantitative estimate of drug-likeness (QED) is 0.571. The first-order valence-electron chi connectivity index (χ1n) is 13.3. The Morgan fingerprint density at radius 1 is 0.767 bits per heavy atom. The second-order valence-electron chi connectivity index (χ2n) is 11.8. The van der Waals surface area contributed by atoms with Crippen LogP contribution in [0.2, 0.25) is 0 Å². The van der Waals surface area contributed by atoms with E-state index in [4.69, 9.17) is 4.74 Å². The highest BCUT2D eigenvalue weighted by Crippen LogP contribution is 2.51. The van der Waals surface area contributed by atoms with Crippen LogP contribution >= 0.6 is 0 Å². The molecule has 0 aromatic heterocycles. The molecule has 30 heavy (non-hydrogen) atoms. The number of hydrogen-bond acceptors (Lipinski definition) is 4. The topological polar surface area (TPSA) is 19.0 Å². The van der Waals surface area contributed by atoms with E-state index in [1.54, 1.807) is 0 Å². The fourth-order valence-electron chi connectivity index (χ4n) is 6.56. The fraction of sp³-hybridized carbons (Fsp3) is 1.00. The Balaban J connectivity index is 1.11. The molecule has 0 aromatic rings. The van der Waals surface area contributed by atoms with Crippen LogP contribution in [0.15, 0.2) is 0 Å². The first kappa shape index (κ1) is 23.0. The van der Waals surface area contributed by atoms with Gasteiger partial charge >= 0.3 is 0 Å². The number of rotatable bonds is 8. The third-order valence-corrected chi connectivity index (χ3v) is 8.50. The first-order chi connectivity index (χ1) is 14.4. The Hall–Kier alpha value is -0.160. The summed E-state index contributed by atoms with van der Waals surface area (Å²) in [7, 11) is 0. The zero-order chi connectivity index (χ0) is 21.1. The van der Waals surface area contributed by atoms with Crippen molar-refractivity contribution < 1.29 is 4.74 Å². The van der Waals surface area contributed by atoms with E-state index in [2.05, 4.69) is 42.4 Å². The maximum atomic E-state index is 6.61. The van der Waals surface area contributed by atoms with E-state index in [0.717, 1.165) is 12.0 Å². The molecule has 0 atom stereocenters. The van der Waals surface area contributed by atoms with Gasteiger partial charge in [-0.25, -0.2) is 0 Å². The van der Waals surface area contributed by atoms with Crippen LogP contribution in [0.4, 0.5) is 0 Å². The lowest BCUT2D eigenvalue weighted by Gasteiger charge is -2.43. The summed E-state index contributed by atoms with van der Waals surface area (Å²) < 4.78 is 6.61. The first-order valence-corrected chi connectivity index (χ1v) is 13.3. The number of nitrogens with zero attached hydrogens (tertiary/aromatic N) is 3. The van der Waals surface area contributed by atoms with Crippen molar-refractivity contribution in [2.24, 2.45) is 11.3 Å². The molecule has 0 bridgehead atoms. The van der Waals surface area contributed by atoms with Crippen LogP contribution in [-0.4, -0.2) is 84.8 Å². The van der Waals surface area contributed by atoms with E-state index in [-0.39, 0.29) is 0 Å². The van der Waals surface area contributed by atoms with Crippen molar-refractivity contribution in [1.29, 1.82) is 0 Å². The third-order valence-electron chi connectivity index (χ3n) is 8.50. The number of likely N-dealkylation sites (tertiary alicyclic amines) is 3. The van der Waals surface area contributed by atoms with Gasteiger partial charge in [-0.15, -0.1) is 0 Å². The van der Waals surface area contributed by atoms with Crippen molar-refractivity contribution in [1.82, 2.24) is 14.7 Å². The minimum Gasteiger partial charge on any atom is -0.375 e. The predicted molar refractivity (Wildman–Crippen MR) is 126 cm³/mol. The van der Waals surface area contributed by atoms with Gasteiger partial charge in [0, 0.05) is 44.8 Å². The second kappa shape index (κ2) is 10.2. The molecule has 0 aromatic carbocycles. The van der Waals surface area contributed by atoms with Crippen molar-refractivity contribution in [3.8, 4) is 0 Å². The SMILES string of the molecule is CC(C)CC1(CN2CCC(OC3CCN(C4CCN(C(C)C)CC4)CC3)CC2)CC1. The Bertz CT molecular complexity index is 508. The van der Waals surface area contributed by atoms with Crippen LogP contribution in [0.3, 0.4) is 0 Å². The molecule has 3 saturated heterocycles. The van der Waals surface area contributed by atoms with Crippen molar-refractivity contribution in [2.45, 2.75) is 110 Å². The van der Waals surface area contributed by atoms with Gasteiger partial charge < -0.3 is 19.4 Å². The average Bonchev–Trinajstić information content (AvgIpc) is 3.48. The van der Waals surface area contributed by atoms with Gasteiger partial charge in [-0.3, -0.25) is 0 Å². The number of piperidine rings is 3. The molecule has 4 nitrogen and oxygen atoms in total. The van der Waals surface area contributed by atoms with Gasteiger partial charge in [0.25, 0.3) is 0 Å². The van der Waals surface area contributed by atoms with Gasteiger partial charge in [-0.2, -0.15) is 0 Å². The maximum absolute atomic E-state index is 6.61. The Labute approximate surface area is 186 Å². The number of hydrogen-bond donors (Lipinski definition) is 0. The molecule has 1 saturated carbocycles. The molecular weight excluding hydrogens is 370 g/mol. The molecule has 174 valence electrons. The molecule has 0 spiro atoms. The molecular formula is C26H49N3O. The van der Waals surface area contributed by atoms with Crippen LogP contribution in [0.1, 0.15) is 85.5 Å². The monoisotopic (exact) mass is 419 g/mol. The molecule has 4 aliphatic rings. The zero-order valence-electron chi connectivity index (χ0n) is 20.5. The third kappa shape index (κ3) is 6.21. The lowest BCUT2D eigenvalue weighted by molar-refractivity contribution is -0.0726. The van der Waals surface area contributed by atoms with Crippen LogP contribution in [0.25, 0.3) is 0 Å². The lowest BCUT2D eigenvalue weighted by Crippen LogP contribution is -2.50. The van der Waals surface area contributed by atoms with E-state index in [0.29, 0.717) is 23.7 Å². The highest BCUT2D eigenvalue weighted by molar-refractivity contribution is 4.96. The van der Waals surface area contributed by atoms with E-state index >= 15 is 0 Å². The van der Waals surface area contributed by atoms with Gasteiger partial charge in [0.05, 0.1) is 12.2 Å². The predicted octanol–water partition coefficient (Wildman–Crippen LogP) is 4.63. The summed E-state index contributed by atoms with van der Waals surface area (Å²) in [6.45, 7) is 18.4. The summed E-state index contributed by atoms with van der Waals surface area (Å²) in [5.41, 5.74) is 0.681. The molecule has 0 N–H and O–H groups in total. The van der Waals surface area contributed by atoms with E-state index in [1.807, 2.05) is 0 Å². The van der Waals surface area contributed by atoms with Gasteiger partial charge in [-0.05, 0) is 96.1 Å². The highest BCUT2D eigenvalue weighted by atomic mass is 16.5. The van der Waals surface area contributed by atoms with Gasteiger partial charge in [-0.1, -0.05) is 13.8 Å². The molecule has 0 unspecified atom stereocenters. The normalized spacial score (nSPS) is 28.6. The Morgan fingerprint density at radius 3 is 1.83 bits per heavy atom. The fourth-order valence-corrected chi connectivity index (χ4v) is 6.56. The minimum atomic E-state index is 0.518. The molecule has 0 amide bonds. The smallest absolute Gasteiger partial charge is 0.0603 e. The molecule has 0 radical (unpaired) electrons. The zero-order valence-corrected chi connectivity index (χ0v) is 20.5.